The summed E-state index contributed by atoms with van der Waals surface area (Å²) in [6.45, 7) is 12.0. The van der Waals surface area contributed by atoms with Crippen LogP contribution in [0.25, 0.3) is 0 Å². The van der Waals surface area contributed by atoms with Crippen molar-refractivity contribution in [2.75, 3.05) is 0 Å². The highest BCUT2D eigenvalue weighted by molar-refractivity contribution is 5.93. The maximum Gasteiger partial charge on any atom is 0.148 e. The minimum atomic E-state index is -0.411. The number of ketones is 1. The summed E-state index contributed by atoms with van der Waals surface area (Å²) < 4.78 is 0. The monoisotopic (exact) mass is 218 g/mol. The predicted octanol–water partition coefficient (Wildman–Crippen LogP) is 3.89. The van der Waals surface area contributed by atoms with Crippen LogP contribution in [0, 0.1) is 12.3 Å². The van der Waals surface area contributed by atoms with Crippen LogP contribution in [0.15, 0.2) is 24.3 Å². The van der Waals surface area contributed by atoms with E-state index in [-0.39, 0.29) is 11.2 Å². The average molecular weight is 218 g/mol. The molecule has 0 saturated carbocycles. The molecule has 0 aliphatic rings. The van der Waals surface area contributed by atoms with Crippen molar-refractivity contribution >= 4 is 5.78 Å². The van der Waals surface area contributed by atoms with Crippen LogP contribution < -0.4 is 0 Å². The largest absolute Gasteiger partial charge is 0.298 e. The molecule has 0 spiro atoms. The Bertz CT molecular complexity index is 377. The van der Waals surface area contributed by atoms with Gasteiger partial charge in [0.25, 0.3) is 0 Å². The molecule has 0 aliphatic carbocycles. The number of aryl methyl sites for hydroxylation is 1. The van der Waals surface area contributed by atoms with Gasteiger partial charge in [-0.25, -0.2) is 0 Å². The van der Waals surface area contributed by atoms with Crippen molar-refractivity contribution in [3.05, 3.63) is 35.4 Å². The molecule has 1 aromatic carbocycles. The number of carbonyl (C=O) groups is 1. The fourth-order valence-electron chi connectivity index (χ4n) is 2.04. The summed E-state index contributed by atoms with van der Waals surface area (Å²) in [5.74, 6) is 0.281. The first kappa shape index (κ1) is 13.0. The molecule has 0 radical (unpaired) electrons. The topological polar surface area (TPSA) is 17.1 Å². The summed E-state index contributed by atoms with van der Waals surface area (Å²) in [4.78, 5) is 12.4. The van der Waals surface area contributed by atoms with E-state index in [0.717, 1.165) is 5.56 Å². The van der Waals surface area contributed by atoms with E-state index in [4.69, 9.17) is 0 Å². The van der Waals surface area contributed by atoms with Gasteiger partial charge in [-0.15, -0.1) is 0 Å². The Morgan fingerprint density at radius 3 is 1.75 bits per heavy atom. The quantitative estimate of drug-likeness (QED) is 0.736. The zero-order valence-electron chi connectivity index (χ0n) is 11.2. The molecule has 0 aromatic heterocycles. The molecule has 1 rings (SSSR count). The molecule has 0 aliphatic heterocycles. The van der Waals surface area contributed by atoms with E-state index in [0.29, 0.717) is 0 Å². The molecule has 1 nitrogen and oxygen atoms in total. The third-order valence-corrected chi connectivity index (χ3v) is 3.02. The van der Waals surface area contributed by atoms with E-state index in [1.165, 1.54) is 5.56 Å². The van der Waals surface area contributed by atoms with Gasteiger partial charge in [0.05, 0.1) is 0 Å². The first-order valence-electron chi connectivity index (χ1n) is 5.78. The van der Waals surface area contributed by atoms with E-state index < -0.39 is 5.41 Å². The summed E-state index contributed by atoms with van der Waals surface area (Å²) in [6.07, 6.45) is 0. The lowest BCUT2D eigenvalue weighted by molar-refractivity contribution is -0.131. The number of benzene rings is 1. The number of rotatable bonds is 2. The maximum atomic E-state index is 12.4. The molecule has 0 heterocycles. The molecule has 0 N–H and O–H groups in total. The smallest absolute Gasteiger partial charge is 0.148 e. The highest BCUT2D eigenvalue weighted by Crippen LogP contribution is 2.32. The summed E-state index contributed by atoms with van der Waals surface area (Å²) in [6, 6.07) is 8.23. The Labute approximate surface area is 98.9 Å². The van der Waals surface area contributed by atoms with E-state index >= 15 is 0 Å². The molecule has 16 heavy (non-hydrogen) atoms. The molecular formula is C15H22O. The molecule has 0 atom stereocenters. The van der Waals surface area contributed by atoms with Crippen LogP contribution in [0.5, 0.6) is 0 Å². The van der Waals surface area contributed by atoms with Crippen molar-refractivity contribution < 1.29 is 4.79 Å². The van der Waals surface area contributed by atoms with Gasteiger partial charge in [0.1, 0.15) is 5.78 Å². The molecule has 0 bridgehead atoms. The van der Waals surface area contributed by atoms with Gasteiger partial charge in [-0.2, -0.15) is 0 Å². The second kappa shape index (κ2) is 4.04. The van der Waals surface area contributed by atoms with Crippen molar-refractivity contribution in [2.45, 2.75) is 47.0 Å². The number of hydrogen-bond acceptors (Lipinski definition) is 1. The molecule has 88 valence electrons. The van der Waals surface area contributed by atoms with Crippen molar-refractivity contribution in [3.63, 3.8) is 0 Å². The second-order valence-electron chi connectivity index (χ2n) is 6.07. The number of carbonyl (C=O) groups excluding carboxylic acids is 1. The minimum Gasteiger partial charge on any atom is -0.298 e. The normalized spacial score (nSPS) is 12.6. The summed E-state index contributed by atoms with van der Waals surface area (Å²) in [5, 5.41) is 0. The summed E-state index contributed by atoms with van der Waals surface area (Å²) >= 11 is 0. The van der Waals surface area contributed by atoms with Gasteiger partial charge >= 0.3 is 0 Å². The van der Waals surface area contributed by atoms with E-state index in [2.05, 4.69) is 31.2 Å². The first-order valence-corrected chi connectivity index (χ1v) is 5.78. The van der Waals surface area contributed by atoms with Crippen molar-refractivity contribution in [1.82, 2.24) is 0 Å². The number of Topliss-reactive ketones (excluding diaryl/α,β-unsaturated/α-hetero) is 1. The SMILES string of the molecule is Cc1ccc(C(C)(C)C(=O)C(C)(C)C)cc1. The summed E-state index contributed by atoms with van der Waals surface area (Å²) in [7, 11) is 0. The zero-order chi connectivity index (χ0) is 12.6. The molecule has 0 saturated heterocycles. The Morgan fingerprint density at radius 1 is 0.938 bits per heavy atom. The van der Waals surface area contributed by atoms with Crippen LogP contribution >= 0.6 is 0 Å². The van der Waals surface area contributed by atoms with Crippen molar-refractivity contribution in [3.8, 4) is 0 Å². The highest BCUT2D eigenvalue weighted by atomic mass is 16.1. The Balaban J connectivity index is 3.11. The maximum absolute atomic E-state index is 12.4. The molecule has 0 unspecified atom stereocenters. The standard InChI is InChI=1S/C15H22O/c1-11-7-9-12(10-8-11)15(5,6)13(16)14(2,3)4/h7-10H,1-6H3. The van der Waals surface area contributed by atoms with Gasteiger partial charge < -0.3 is 0 Å². The Hall–Kier alpha value is -1.11. The third kappa shape index (κ3) is 2.52. The molecule has 0 amide bonds. The van der Waals surface area contributed by atoms with Gasteiger partial charge in [0.15, 0.2) is 0 Å². The minimum absolute atomic E-state index is 0.281. The van der Waals surface area contributed by atoms with E-state index in [9.17, 15) is 4.79 Å². The lowest BCUT2D eigenvalue weighted by Crippen LogP contribution is -2.38. The van der Waals surface area contributed by atoms with Crippen LogP contribution in [-0.4, -0.2) is 5.78 Å². The zero-order valence-corrected chi connectivity index (χ0v) is 11.2. The Kier molecular flexibility index (Phi) is 3.27. The molecule has 1 aromatic rings. The molecule has 1 heteroatoms. The van der Waals surface area contributed by atoms with Crippen LogP contribution in [0.1, 0.15) is 45.7 Å². The van der Waals surface area contributed by atoms with Crippen LogP contribution in [0.3, 0.4) is 0 Å². The van der Waals surface area contributed by atoms with Gasteiger partial charge in [0, 0.05) is 10.8 Å². The first-order chi connectivity index (χ1) is 7.15. The fraction of sp³-hybridized carbons (Fsp3) is 0.533. The molecular weight excluding hydrogens is 196 g/mol. The second-order valence-corrected chi connectivity index (χ2v) is 6.07. The van der Waals surface area contributed by atoms with E-state index in [1.54, 1.807) is 0 Å². The third-order valence-electron chi connectivity index (χ3n) is 3.02. The lowest BCUT2D eigenvalue weighted by atomic mass is 9.71. The fourth-order valence-corrected chi connectivity index (χ4v) is 2.04. The van der Waals surface area contributed by atoms with Gasteiger partial charge in [-0.3, -0.25) is 4.79 Å². The van der Waals surface area contributed by atoms with Gasteiger partial charge in [-0.1, -0.05) is 50.6 Å². The van der Waals surface area contributed by atoms with Crippen LogP contribution in [-0.2, 0) is 10.2 Å². The molecule has 0 fully saturated rings. The van der Waals surface area contributed by atoms with Crippen LogP contribution in [0.2, 0.25) is 0 Å². The van der Waals surface area contributed by atoms with Gasteiger partial charge in [0.2, 0.25) is 0 Å². The van der Waals surface area contributed by atoms with Crippen molar-refractivity contribution in [2.24, 2.45) is 5.41 Å². The summed E-state index contributed by atoms with van der Waals surface area (Å²) in [5.41, 5.74) is 1.61. The lowest BCUT2D eigenvalue weighted by Gasteiger charge is -2.31. The van der Waals surface area contributed by atoms with Gasteiger partial charge in [-0.05, 0) is 26.3 Å². The average Bonchev–Trinajstić information content (AvgIpc) is 2.16. The van der Waals surface area contributed by atoms with Crippen molar-refractivity contribution in [1.29, 1.82) is 0 Å². The Morgan fingerprint density at radius 2 is 1.38 bits per heavy atom. The van der Waals surface area contributed by atoms with E-state index in [1.807, 2.05) is 34.6 Å². The highest BCUT2D eigenvalue weighted by Gasteiger charge is 2.37. The predicted molar refractivity (Wildman–Crippen MR) is 68.7 cm³/mol. The number of hydrogen-bond donors (Lipinski definition) is 0. The van der Waals surface area contributed by atoms with Crippen LogP contribution in [0.4, 0.5) is 0 Å².